The normalized spacial score (nSPS) is 11.5. The number of nitrogen functional groups attached to an aromatic ring is 1. The first kappa shape index (κ1) is 17.2. The molecule has 0 radical (unpaired) electrons. The van der Waals surface area contributed by atoms with Crippen LogP contribution in [-0.2, 0) is 9.84 Å². The van der Waals surface area contributed by atoms with Crippen molar-refractivity contribution in [1.29, 1.82) is 0 Å². The minimum Gasteiger partial charge on any atom is -0.368 e. The lowest BCUT2D eigenvalue weighted by molar-refractivity contribution is 0.596. The van der Waals surface area contributed by atoms with E-state index in [2.05, 4.69) is 20.5 Å². The minimum absolute atomic E-state index is 0.0923. The molecular weight excluding hydrogens is 369 g/mol. The van der Waals surface area contributed by atoms with Crippen molar-refractivity contribution in [2.24, 2.45) is 0 Å². The molecule has 0 saturated heterocycles. The summed E-state index contributed by atoms with van der Waals surface area (Å²) in [4.78, 5) is 3.81. The molecule has 0 spiro atoms. The lowest BCUT2D eigenvalue weighted by Crippen LogP contribution is -1.98. The molecule has 10 heteroatoms. The minimum atomic E-state index is -3.48. The van der Waals surface area contributed by atoms with E-state index in [1.165, 1.54) is 12.1 Å². The Hall–Kier alpha value is -2.65. The first-order valence-corrected chi connectivity index (χ1v) is 9.25. The zero-order valence-electron chi connectivity index (χ0n) is 12.9. The number of nitrogens with one attached hydrogen (secondary N) is 2. The number of aromatic amines is 1. The van der Waals surface area contributed by atoms with Crippen molar-refractivity contribution in [1.82, 2.24) is 15.2 Å². The van der Waals surface area contributed by atoms with E-state index in [1.807, 2.05) is 0 Å². The van der Waals surface area contributed by atoms with Gasteiger partial charge in [-0.05, 0) is 24.3 Å². The lowest BCUT2D eigenvalue weighted by atomic mass is 10.0. The number of benzene rings is 2. The van der Waals surface area contributed by atoms with Crippen LogP contribution in [0.2, 0.25) is 5.02 Å². The number of aromatic nitrogens is 3. The molecule has 0 fully saturated rings. The second-order valence-corrected chi connectivity index (χ2v) is 7.70. The summed E-state index contributed by atoms with van der Waals surface area (Å²) in [6, 6.07) is 8.55. The topological polar surface area (TPSA) is 114 Å². The molecular formula is C15H13ClFN5O2S. The quantitative estimate of drug-likeness (QED) is 0.640. The fourth-order valence-electron chi connectivity index (χ4n) is 2.22. The van der Waals surface area contributed by atoms with Crippen LogP contribution in [0.4, 0.5) is 22.0 Å². The Kier molecular flexibility index (Phi) is 4.36. The molecule has 3 rings (SSSR count). The van der Waals surface area contributed by atoms with Gasteiger partial charge in [0.1, 0.15) is 5.82 Å². The van der Waals surface area contributed by atoms with E-state index >= 15 is 0 Å². The van der Waals surface area contributed by atoms with Gasteiger partial charge in [-0.15, -0.1) is 5.10 Å². The predicted octanol–water partition coefficient (Wildman–Crippen LogP) is 2.99. The number of rotatable bonds is 4. The van der Waals surface area contributed by atoms with Gasteiger partial charge in [-0.25, -0.2) is 17.9 Å². The second kappa shape index (κ2) is 6.34. The van der Waals surface area contributed by atoms with Crippen LogP contribution in [-0.4, -0.2) is 29.9 Å². The molecule has 0 aliphatic rings. The summed E-state index contributed by atoms with van der Waals surface area (Å²) < 4.78 is 37.3. The third-order valence-electron chi connectivity index (χ3n) is 3.39. The molecule has 3 aromatic rings. The van der Waals surface area contributed by atoms with Gasteiger partial charge in [0.05, 0.1) is 9.92 Å². The number of sulfone groups is 1. The van der Waals surface area contributed by atoms with E-state index in [9.17, 15) is 12.8 Å². The summed E-state index contributed by atoms with van der Waals surface area (Å²) in [7, 11) is -3.48. The Balaban J connectivity index is 1.93. The van der Waals surface area contributed by atoms with Gasteiger partial charge >= 0.3 is 0 Å². The van der Waals surface area contributed by atoms with Crippen molar-refractivity contribution in [3.63, 3.8) is 0 Å². The highest BCUT2D eigenvalue weighted by atomic mass is 35.5. The van der Waals surface area contributed by atoms with Gasteiger partial charge in [0.25, 0.3) is 0 Å². The number of anilines is 3. The summed E-state index contributed by atoms with van der Waals surface area (Å²) in [5, 5.41) is 9.50. The van der Waals surface area contributed by atoms with Gasteiger partial charge in [0, 0.05) is 23.1 Å². The third kappa shape index (κ3) is 3.72. The average molecular weight is 382 g/mol. The molecule has 4 N–H and O–H groups in total. The molecule has 0 aliphatic carbocycles. The van der Waals surface area contributed by atoms with Crippen LogP contribution >= 0.6 is 11.6 Å². The molecule has 0 saturated carbocycles. The number of halogens is 2. The Labute approximate surface area is 148 Å². The van der Waals surface area contributed by atoms with Gasteiger partial charge in [-0.2, -0.15) is 4.98 Å². The summed E-state index contributed by atoms with van der Waals surface area (Å²) >= 11 is 6.24. The van der Waals surface area contributed by atoms with Gasteiger partial charge < -0.3 is 11.1 Å². The third-order valence-corrected chi connectivity index (χ3v) is 4.81. The van der Waals surface area contributed by atoms with Crippen molar-refractivity contribution in [3.8, 4) is 11.1 Å². The van der Waals surface area contributed by atoms with E-state index in [4.69, 9.17) is 17.3 Å². The van der Waals surface area contributed by atoms with E-state index in [-0.39, 0.29) is 27.4 Å². The Morgan fingerprint density at radius 1 is 1.20 bits per heavy atom. The van der Waals surface area contributed by atoms with Crippen LogP contribution in [0.5, 0.6) is 0 Å². The molecule has 1 heterocycles. The molecule has 2 aromatic carbocycles. The number of hydrogen-bond acceptors (Lipinski definition) is 6. The first-order chi connectivity index (χ1) is 11.7. The standard InChI is InChI=1S/C15H13ClFN5O2S/c1-25(23,24)9-3-5-11(13(17)7-9)10-4-2-8(6-12(10)16)19-15-20-14(18)21-22-15/h2-7H,1H3,(H4,18,19,20,21,22). The predicted molar refractivity (Wildman–Crippen MR) is 94.0 cm³/mol. The van der Waals surface area contributed by atoms with Crippen molar-refractivity contribution >= 4 is 39.0 Å². The molecule has 25 heavy (non-hydrogen) atoms. The summed E-state index contributed by atoms with van der Waals surface area (Å²) in [5.74, 6) is -0.240. The van der Waals surface area contributed by atoms with Crippen molar-refractivity contribution in [3.05, 3.63) is 47.2 Å². The van der Waals surface area contributed by atoms with Gasteiger partial charge in [-0.1, -0.05) is 23.7 Å². The molecule has 0 aliphatic heterocycles. The maximum absolute atomic E-state index is 14.3. The number of nitrogens with two attached hydrogens (primary N) is 1. The SMILES string of the molecule is CS(=O)(=O)c1ccc(-c2ccc(Nc3n[nH]c(N)n3)cc2Cl)c(F)c1. The van der Waals surface area contributed by atoms with Crippen LogP contribution in [0.1, 0.15) is 0 Å². The number of H-pyrrole nitrogens is 1. The van der Waals surface area contributed by atoms with E-state index < -0.39 is 15.7 Å². The summed E-state index contributed by atoms with van der Waals surface area (Å²) in [6.45, 7) is 0. The molecule has 0 amide bonds. The van der Waals surface area contributed by atoms with Crippen LogP contribution < -0.4 is 11.1 Å². The largest absolute Gasteiger partial charge is 0.368 e. The Bertz CT molecular complexity index is 1050. The van der Waals surface area contributed by atoms with Crippen LogP contribution in [0.25, 0.3) is 11.1 Å². The average Bonchev–Trinajstić information content (AvgIpc) is 2.92. The number of hydrogen-bond donors (Lipinski definition) is 3. The van der Waals surface area contributed by atoms with Crippen molar-refractivity contribution in [2.45, 2.75) is 4.90 Å². The second-order valence-electron chi connectivity index (χ2n) is 5.28. The molecule has 0 atom stereocenters. The fourth-order valence-corrected chi connectivity index (χ4v) is 3.13. The fraction of sp³-hybridized carbons (Fsp3) is 0.0667. The van der Waals surface area contributed by atoms with Gasteiger partial charge in [0.2, 0.25) is 11.9 Å². The van der Waals surface area contributed by atoms with E-state index in [0.717, 1.165) is 12.3 Å². The smallest absolute Gasteiger partial charge is 0.248 e. The summed E-state index contributed by atoms with van der Waals surface area (Å²) in [5.41, 5.74) is 6.66. The van der Waals surface area contributed by atoms with E-state index in [1.54, 1.807) is 18.2 Å². The maximum Gasteiger partial charge on any atom is 0.248 e. The highest BCUT2D eigenvalue weighted by Gasteiger charge is 2.14. The van der Waals surface area contributed by atoms with Crippen molar-refractivity contribution in [2.75, 3.05) is 17.3 Å². The van der Waals surface area contributed by atoms with Gasteiger partial charge in [0.15, 0.2) is 9.84 Å². The zero-order chi connectivity index (χ0) is 18.2. The molecule has 0 unspecified atom stereocenters. The zero-order valence-corrected chi connectivity index (χ0v) is 14.5. The molecule has 7 nitrogen and oxygen atoms in total. The number of nitrogens with zero attached hydrogens (tertiary/aromatic N) is 2. The highest BCUT2D eigenvalue weighted by molar-refractivity contribution is 7.90. The maximum atomic E-state index is 14.3. The lowest BCUT2D eigenvalue weighted by Gasteiger charge is -2.10. The molecule has 130 valence electrons. The monoisotopic (exact) mass is 381 g/mol. The van der Waals surface area contributed by atoms with Crippen LogP contribution in [0.15, 0.2) is 41.3 Å². The molecule has 0 bridgehead atoms. The van der Waals surface area contributed by atoms with Crippen LogP contribution in [0.3, 0.4) is 0 Å². The first-order valence-electron chi connectivity index (χ1n) is 6.98. The summed E-state index contributed by atoms with van der Waals surface area (Å²) in [6.07, 6.45) is 1.02. The Morgan fingerprint density at radius 2 is 1.92 bits per heavy atom. The van der Waals surface area contributed by atoms with Crippen LogP contribution in [0, 0.1) is 5.82 Å². The highest BCUT2D eigenvalue weighted by Crippen LogP contribution is 2.33. The Morgan fingerprint density at radius 3 is 2.48 bits per heavy atom. The van der Waals surface area contributed by atoms with Crippen molar-refractivity contribution < 1.29 is 12.8 Å². The molecule has 1 aromatic heterocycles. The van der Waals surface area contributed by atoms with E-state index in [0.29, 0.717) is 11.3 Å². The van der Waals surface area contributed by atoms with Gasteiger partial charge in [-0.3, -0.25) is 0 Å².